The van der Waals surface area contributed by atoms with Crippen molar-refractivity contribution in [2.24, 2.45) is 0 Å². The Hall–Kier alpha value is -2.65. The third-order valence-electron chi connectivity index (χ3n) is 4.65. The van der Waals surface area contributed by atoms with Crippen LogP contribution < -0.4 is 14.8 Å². The highest BCUT2D eigenvalue weighted by Gasteiger charge is 2.39. The number of benzene rings is 1. The van der Waals surface area contributed by atoms with Crippen LogP contribution in [0.3, 0.4) is 0 Å². The first-order valence-corrected chi connectivity index (χ1v) is 10.3. The van der Waals surface area contributed by atoms with E-state index in [2.05, 4.69) is 10.3 Å². The number of sulfonamides is 1. The zero-order valence-electron chi connectivity index (χ0n) is 15.8. The summed E-state index contributed by atoms with van der Waals surface area (Å²) in [6.07, 6.45) is 2.72. The minimum atomic E-state index is -3.76. The van der Waals surface area contributed by atoms with Crippen LogP contribution in [-0.4, -0.2) is 50.4 Å². The van der Waals surface area contributed by atoms with Crippen molar-refractivity contribution in [3.8, 4) is 11.6 Å². The first-order chi connectivity index (χ1) is 13.5. The van der Waals surface area contributed by atoms with Crippen LogP contribution in [0.1, 0.15) is 18.4 Å². The molecule has 0 unspecified atom stereocenters. The molecule has 1 aliphatic rings. The first kappa shape index (κ1) is 20.1. The van der Waals surface area contributed by atoms with E-state index in [1.165, 1.54) is 30.7 Å². The topological polar surface area (TPSA) is 97.8 Å². The van der Waals surface area contributed by atoms with Crippen LogP contribution in [0.15, 0.2) is 47.5 Å². The smallest absolute Gasteiger partial charge is 0.243 e. The van der Waals surface area contributed by atoms with Crippen molar-refractivity contribution in [1.82, 2.24) is 14.6 Å². The highest BCUT2D eigenvalue weighted by molar-refractivity contribution is 7.89. The lowest BCUT2D eigenvalue weighted by molar-refractivity contribution is -0.124. The number of carbonyl (C=O) groups is 1. The molecule has 3 rings (SSSR count). The number of methoxy groups -OCH3 is 2. The van der Waals surface area contributed by atoms with E-state index in [9.17, 15) is 13.2 Å². The quantitative estimate of drug-likeness (QED) is 0.751. The third-order valence-corrected chi connectivity index (χ3v) is 6.57. The Balaban J connectivity index is 1.71. The SMILES string of the molecule is COc1ccc(S(=O)(=O)N2CCC[C@H]2C(=O)NCc2ccnc(OC)c2)cc1. The first-order valence-electron chi connectivity index (χ1n) is 8.88. The summed E-state index contributed by atoms with van der Waals surface area (Å²) >= 11 is 0. The molecule has 28 heavy (non-hydrogen) atoms. The van der Waals surface area contributed by atoms with Gasteiger partial charge in [0.25, 0.3) is 0 Å². The molecule has 0 aliphatic carbocycles. The Morgan fingerprint density at radius 3 is 2.64 bits per heavy atom. The van der Waals surface area contributed by atoms with Gasteiger partial charge in [0.15, 0.2) is 0 Å². The molecule has 1 saturated heterocycles. The summed E-state index contributed by atoms with van der Waals surface area (Å²) in [5.41, 5.74) is 0.822. The van der Waals surface area contributed by atoms with E-state index in [1.54, 1.807) is 30.5 Å². The molecule has 1 fully saturated rings. The van der Waals surface area contributed by atoms with Crippen molar-refractivity contribution in [1.29, 1.82) is 0 Å². The molecule has 8 nitrogen and oxygen atoms in total. The predicted octanol–water partition coefficient (Wildman–Crippen LogP) is 1.57. The van der Waals surface area contributed by atoms with E-state index >= 15 is 0 Å². The number of carbonyl (C=O) groups excluding carboxylic acids is 1. The van der Waals surface area contributed by atoms with Gasteiger partial charge in [-0.05, 0) is 48.7 Å². The Morgan fingerprint density at radius 1 is 1.21 bits per heavy atom. The highest BCUT2D eigenvalue weighted by atomic mass is 32.2. The summed E-state index contributed by atoms with van der Waals surface area (Å²) in [5.74, 6) is 0.712. The number of pyridine rings is 1. The number of rotatable bonds is 7. The fourth-order valence-corrected chi connectivity index (χ4v) is 4.81. The minimum absolute atomic E-state index is 0.145. The van der Waals surface area contributed by atoms with Gasteiger partial charge in [-0.2, -0.15) is 4.31 Å². The number of amides is 1. The molecule has 1 aliphatic heterocycles. The summed E-state index contributed by atoms with van der Waals surface area (Å²) in [6, 6.07) is 8.93. The van der Waals surface area contributed by atoms with Gasteiger partial charge < -0.3 is 14.8 Å². The summed E-state index contributed by atoms with van der Waals surface area (Å²) in [7, 11) is -0.729. The molecule has 0 spiro atoms. The summed E-state index contributed by atoms with van der Waals surface area (Å²) < 4.78 is 37.4. The van der Waals surface area contributed by atoms with Gasteiger partial charge in [-0.15, -0.1) is 0 Å². The molecule has 1 amide bonds. The van der Waals surface area contributed by atoms with Crippen LogP contribution in [0.4, 0.5) is 0 Å². The van der Waals surface area contributed by atoms with Gasteiger partial charge in [-0.3, -0.25) is 4.79 Å². The lowest BCUT2D eigenvalue weighted by atomic mass is 10.2. The fourth-order valence-electron chi connectivity index (χ4n) is 3.15. The molecule has 0 saturated carbocycles. The Kier molecular flexibility index (Phi) is 6.15. The lowest BCUT2D eigenvalue weighted by Crippen LogP contribution is -2.45. The Bertz CT molecular complexity index is 931. The van der Waals surface area contributed by atoms with Crippen LogP contribution in [0, 0.1) is 0 Å². The van der Waals surface area contributed by atoms with Crippen molar-refractivity contribution in [2.45, 2.75) is 30.3 Å². The Labute approximate surface area is 164 Å². The molecule has 1 atom stereocenters. The number of hydrogen-bond donors (Lipinski definition) is 1. The van der Waals surface area contributed by atoms with Gasteiger partial charge in [0, 0.05) is 25.4 Å². The molecule has 150 valence electrons. The number of aromatic nitrogens is 1. The monoisotopic (exact) mass is 405 g/mol. The van der Waals surface area contributed by atoms with Crippen LogP contribution in [0.5, 0.6) is 11.6 Å². The van der Waals surface area contributed by atoms with Crippen molar-refractivity contribution < 1.29 is 22.7 Å². The molecular weight excluding hydrogens is 382 g/mol. The zero-order chi connectivity index (χ0) is 20.1. The molecule has 1 aromatic heterocycles. The van der Waals surface area contributed by atoms with E-state index < -0.39 is 16.1 Å². The third kappa shape index (κ3) is 4.26. The van der Waals surface area contributed by atoms with Crippen molar-refractivity contribution in [2.75, 3.05) is 20.8 Å². The maximum absolute atomic E-state index is 13.0. The van der Waals surface area contributed by atoms with Crippen LogP contribution in [0.25, 0.3) is 0 Å². The fraction of sp³-hybridized carbons (Fsp3) is 0.368. The zero-order valence-corrected chi connectivity index (χ0v) is 16.6. The molecule has 0 radical (unpaired) electrons. The number of hydrogen-bond acceptors (Lipinski definition) is 6. The molecule has 2 heterocycles. The van der Waals surface area contributed by atoms with E-state index in [0.717, 1.165) is 5.56 Å². The van der Waals surface area contributed by atoms with Crippen molar-refractivity contribution in [3.05, 3.63) is 48.2 Å². The van der Waals surface area contributed by atoms with E-state index in [0.29, 0.717) is 31.0 Å². The minimum Gasteiger partial charge on any atom is -0.497 e. The number of nitrogens with one attached hydrogen (secondary N) is 1. The van der Waals surface area contributed by atoms with Gasteiger partial charge in [0.1, 0.15) is 11.8 Å². The van der Waals surface area contributed by atoms with Gasteiger partial charge >= 0.3 is 0 Å². The molecule has 1 N–H and O–H groups in total. The molecule has 2 aromatic rings. The van der Waals surface area contributed by atoms with Gasteiger partial charge in [-0.25, -0.2) is 13.4 Å². The second kappa shape index (κ2) is 8.57. The molecule has 1 aromatic carbocycles. The second-order valence-corrected chi connectivity index (χ2v) is 8.26. The average Bonchev–Trinajstić information content (AvgIpc) is 3.23. The van der Waals surface area contributed by atoms with Gasteiger partial charge in [0.05, 0.1) is 19.1 Å². The van der Waals surface area contributed by atoms with Gasteiger partial charge in [-0.1, -0.05) is 0 Å². The molecule has 0 bridgehead atoms. The number of ether oxygens (including phenoxy) is 2. The van der Waals surface area contributed by atoms with Gasteiger partial charge in [0.2, 0.25) is 21.8 Å². The standard InChI is InChI=1S/C19H23N3O5S/c1-26-15-5-7-16(8-6-15)28(24,25)22-11-3-4-17(22)19(23)21-13-14-9-10-20-18(12-14)27-2/h5-10,12,17H,3-4,11,13H2,1-2H3,(H,21,23)/t17-/m0/s1. The Morgan fingerprint density at radius 2 is 1.96 bits per heavy atom. The summed E-state index contributed by atoms with van der Waals surface area (Å²) in [6.45, 7) is 0.583. The largest absolute Gasteiger partial charge is 0.497 e. The number of nitrogens with zero attached hydrogens (tertiary/aromatic N) is 2. The van der Waals surface area contributed by atoms with Crippen molar-refractivity contribution >= 4 is 15.9 Å². The summed E-state index contributed by atoms with van der Waals surface area (Å²) in [4.78, 5) is 16.8. The molecular formula is C19H23N3O5S. The van der Waals surface area contributed by atoms with Crippen LogP contribution in [-0.2, 0) is 21.4 Å². The van der Waals surface area contributed by atoms with Crippen LogP contribution in [0.2, 0.25) is 0 Å². The second-order valence-electron chi connectivity index (χ2n) is 6.37. The highest BCUT2D eigenvalue weighted by Crippen LogP contribution is 2.27. The maximum Gasteiger partial charge on any atom is 0.243 e. The average molecular weight is 405 g/mol. The van der Waals surface area contributed by atoms with Crippen LogP contribution >= 0.6 is 0 Å². The van der Waals surface area contributed by atoms with E-state index in [1.807, 2.05) is 0 Å². The molecule has 9 heteroatoms. The van der Waals surface area contributed by atoms with E-state index in [-0.39, 0.29) is 17.3 Å². The summed E-state index contributed by atoms with van der Waals surface area (Å²) in [5, 5.41) is 2.82. The predicted molar refractivity (Wildman–Crippen MR) is 103 cm³/mol. The van der Waals surface area contributed by atoms with Crippen molar-refractivity contribution in [3.63, 3.8) is 0 Å². The lowest BCUT2D eigenvalue weighted by Gasteiger charge is -2.23. The normalized spacial score (nSPS) is 17.3. The van der Waals surface area contributed by atoms with E-state index in [4.69, 9.17) is 9.47 Å². The maximum atomic E-state index is 13.0.